The molecule has 0 aliphatic rings. The van der Waals surface area contributed by atoms with Crippen molar-refractivity contribution in [1.82, 2.24) is 14.5 Å². The van der Waals surface area contributed by atoms with E-state index in [9.17, 15) is 8.78 Å². The van der Waals surface area contributed by atoms with E-state index in [2.05, 4.69) is 5.10 Å². The highest BCUT2D eigenvalue weighted by molar-refractivity contribution is 5.53. The maximum atomic E-state index is 12.5. The topological polar surface area (TPSA) is 46.6 Å². The van der Waals surface area contributed by atoms with Gasteiger partial charge in [-0.05, 0) is 17.7 Å². The van der Waals surface area contributed by atoms with Gasteiger partial charge in [0, 0.05) is 32.0 Å². The van der Waals surface area contributed by atoms with Crippen LogP contribution in [0.5, 0.6) is 0 Å². The second-order valence-corrected chi connectivity index (χ2v) is 4.11. The molecule has 0 saturated heterocycles. The quantitative estimate of drug-likeness (QED) is 0.846. The molecule has 2 heterocycles. The number of pyridine rings is 1. The molecule has 6 heteroatoms. The fraction of sp³-hybridized carbons (Fsp3) is 0.417. The Morgan fingerprint density at radius 1 is 1.39 bits per heavy atom. The van der Waals surface area contributed by atoms with E-state index < -0.39 is 6.43 Å². The Labute approximate surface area is 104 Å². The third-order valence-corrected chi connectivity index (χ3v) is 2.76. The van der Waals surface area contributed by atoms with Crippen LogP contribution >= 0.6 is 0 Å². The molecule has 2 N–H and O–H groups in total. The van der Waals surface area contributed by atoms with Crippen molar-refractivity contribution in [3.05, 3.63) is 36.2 Å². The fourth-order valence-electron chi connectivity index (χ4n) is 2.00. The molecule has 0 aromatic carbocycles. The van der Waals surface area contributed by atoms with E-state index in [-0.39, 0.29) is 6.54 Å². The Hall–Kier alpha value is -1.53. The summed E-state index contributed by atoms with van der Waals surface area (Å²) < 4.78 is 26.7. The van der Waals surface area contributed by atoms with Gasteiger partial charge in [-0.2, -0.15) is 5.10 Å². The third-order valence-electron chi connectivity index (χ3n) is 2.76. The Bertz CT molecular complexity index is 498. The van der Waals surface area contributed by atoms with Crippen LogP contribution in [0.15, 0.2) is 30.6 Å². The van der Waals surface area contributed by atoms with Crippen LogP contribution in [-0.2, 0) is 6.54 Å². The van der Waals surface area contributed by atoms with E-state index in [1.807, 2.05) is 24.4 Å². The minimum atomic E-state index is -2.35. The first-order valence-electron chi connectivity index (χ1n) is 5.82. The molecule has 0 aliphatic heterocycles. The summed E-state index contributed by atoms with van der Waals surface area (Å²) in [7, 11) is 0. The zero-order valence-corrected chi connectivity index (χ0v) is 9.97. The van der Waals surface area contributed by atoms with Gasteiger partial charge in [0.1, 0.15) is 0 Å². The smallest absolute Gasteiger partial charge is 0.251 e. The number of rotatable bonds is 6. The first kappa shape index (κ1) is 12.9. The molecule has 98 valence electrons. The summed E-state index contributed by atoms with van der Waals surface area (Å²) in [5, 5.41) is 4.12. The molecule has 0 atom stereocenters. The maximum Gasteiger partial charge on any atom is 0.251 e. The molecule has 0 unspecified atom stereocenters. The molecule has 0 saturated carbocycles. The SMILES string of the molecule is NCCN(Cc1cccn2nccc12)CC(F)F. The predicted molar refractivity (Wildman–Crippen MR) is 65.5 cm³/mol. The van der Waals surface area contributed by atoms with Crippen LogP contribution in [0.25, 0.3) is 5.52 Å². The highest BCUT2D eigenvalue weighted by Gasteiger charge is 2.13. The van der Waals surface area contributed by atoms with Crippen molar-refractivity contribution in [2.75, 3.05) is 19.6 Å². The van der Waals surface area contributed by atoms with Gasteiger partial charge in [-0.3, -0.25) is 4.90 Å². The lowest BCUT2D eigenvalue weighted by molar-refractivity contribution is 0.0864. The van der Waals surface area contributed by atoms with Crippen molar-refractivity contribution in [3.8, 4) is 0 Å². The largest absolute Gasteiger partial charge is 0.329 e. The van der Waals surface area contributed by atoms with Crippen molar-refractivity contribution in [2.24, 2.45) is 5.73 Å². The lowest BCUT2D eigenvalue weighted by Crippen LogP contribution is -2.33. The molecular weight excluding hydrogens is 238 g/mol. The van der Waals surface area contributed by atoms with Crippen molar-refractivity contribution in [2.45, 2.75) is 13.0 Å². The van der Waals surface area contributed by atoms with Gasteiger partial charge in [-0.15, -0.1) is 0 Å². The summed E-state index contributed by atoms with van der Waals surface area (Å²) in [5.74, 6) is 0. The number of nitrogens with zero attached hydrogens (tertiary/aromatic N) is 3. The summed E-state index contributed by atoms with van der Waals surface area (Å²) in [4.78, 5) is 1.66. The number of halogens is 2. The van der Waals surface area contributed by atoms with Crippen molar-refractivity contribution in [1.29, 1.82) is 0 Å². The Morgan fingerprint density at radius 2 is 2.22 bits per heavy atom. The van der Waals surface area contributed by atoms with Crippen molar-refractivity contribution in [3.63, 3.8) is 0 Å². The molecular formula is C12H16F2N4. The van der Waals surface area contributed by atoms with Crippen LogP contribution in [0.4, 0.5) is 8.78 Å². The lowest BCUT2D eigenvalue weighted by atomic mass is 10.2. The molecule has 2 rings (SSSR count). The minimum Gasteiger partial charge on any atom is -0.329 e. The zero-order chi connectivity index (χ0) is 13.0. The lowest BCUT2D eigenvalue weighted by Gasteiger charge is -2.21. The molecule has 2 aromatic heterocycles. The Morgan fingerprint density at radius 3 is 2.94 bits per heavy atom. The number of alkyl halides is 2. The first-order valence-corrected chi connectivity index (χ1v) is 5.82. The normalized spacial score (nSPS) is 11.8. The van der Waals surface area contributed by atoms with E-state index >= 15 is 0 Å². The predicted octanol–water partition coefficient (Wildman–Crippen LogP) is 1.36. The second kappa shape index (κ2) is 5.88. The molecule has 0 spiro atoms. The van der Waals surface area contributed by atoms with Gasteiger partial charge in [0.15, 0.2) is 0 Å². The van der Waals surface area contributed by atoms with Crippen LogP contribution in [-0.4, -0.2) is 40.6 Å². The Kier molecular flexibility index (Phi) is 4.22. The standard InChI is InChI=1S/C12H16F2N4/c13-12(14)9-17(7-4-15)8-10-2-1-6-18-11(10)3-5-16-18/h1-3,5-6,12H,4,7-9,15H2. The van der Waals surface area contributed by atoms with Crippen LogP contribution in [0.1, 0.15) is 5.56 Å². The number of fused-ring (bicyclic) bond motifs is 1. The van der Waals surface area contributed by atoms with Crippen LogP contribution < -0.4 is 5.73 Å². The summed E-state index contributed by atoms with van der Waals surface area (Å²) in [6.45, 7) is 1.03. The van der Waals surface area contributed by atoms with E-state index in [1.165, 1.54) is 0 Å². The minimum absolute atomic E-state index is 0.258. The highest BCUT2D eigenvalue weighted by atomic mass is 19.3. The van der Waals surface area contributed by atoms with E-state index in [1.54, 1.807) is 15.6 Å². The summed E-state index contributed by atoms with van der Waals surface area (Å²) in [6, 6.07) is 5.66. The summed E-state index contributed by atoms with van der Waals surface area (Å²) in [5.41, 5.74) is 7.36. The molecule has 0 aliphatic carbocycles. The molecule has 2 aromatic rings. The highest BCUT2D eigenvalue weighted by Crippen LogP contribution is 2.13. The van der Waals surface area contributed by atoms with Crippen molar-refractivity contribution >= 4 is 5.52 Å². The summed E-state index contributed by atoms with van der Waals surface area (Å²) >= 11 is 0. The Balaban J connectivity index is 2.17. The number of nitrogens with two attached hydrogens (primary N) is 1. The van der Waals surface area contributed by atoms with Gasteiger partial charge in [0.25, 0.3) is 6.43 Å². The van der Waals surface area contributed by atoms with E-state index in [0.717, 1.165) is 11.1 Å². The van der Waals surface area contributed by atoms with Gasteiger partial charge < -0.3 is 5.73 Å². The second-order valence-electron chi connectivity index (χ2n) is 4.11. The number of hydrogen-bond donors (Lipinski definition) is 1. The van der Waals surface area contributed by atoms with Gasteiger partial charge in [-0.25, -0.2) is 13.3 Å². The third kappa shape index (κ3) is 3.02. The average Bonchev–Trinajstić information content (AvgIpc) is 2.77. The van der Waals surface area contributed by atoms with Gasteiger partial charge in [0.2, 0.25) is 0 Å². The zero-order valence-electron chi connectivity index (χ0n) is 9.97. The maximum absolute atomic E-state index is 12.5. The summed E-state index contributed by atoms with van der Waals surface area (Å²) in [6.07, 6.45) is 1.18. The van der Waals surface area contributed by atoms with Crippen LogP contribution in [0, 0.1) is 0 Å². The fourth-order valence-corrected chi connectivity index (χ4v) is 2.00. The first-order chi connectivity index (χ1) is 8.70. The van der Waals surface area contributed by atoms with Gasteiger partial charge in [-0.1, -0.05) is 6.07 Å². The molecule has 0 fully saturated rings. The van der Waals surface area contributed by atoms with Crippen molar-refractivity contribution < 1.29 is 8.78 Å². The monoisotopic (exact) mass is 254 g/mol. The van der Waals surface area contributed by atoms with Crippen LogP contribution in [0.3, 0.4) is 0 Å². The number of hydrogen-bond acceptors (Lipinski definition) is 3. The van der Waals surface area contributed by atoms with Gasteiger partial charge in [0.05, 0.1) is 12.1 Å². The average molecular weight is 254 g/mol. The molecule has 4 nitrogen and oxygen atoms in total. The van der Waals surface area contributed by atoms with Gasteiger partial charge >= 0.3 is 0 Å². The molecule has 0 bridgehead atoms. The van der Waals surface area contributed by atoms with E-state index in [4.69, 9.17) is 5.73 Å². The molecule has 0 radical (unpaired) electrons. The number of aromatic nitrogens is 2. The van der Waals surface area contributed by atoms with Crippen LogP contribution in [0.2, 0.25) is 0 Å². The van der Waals surface area contributed by atoms with E-state index in [0.29, 0.717) is 19.6 Å². The molecule has 18 heavy (non-hydrogen) atoms. The molecule has 0 amide bonds.